The van der Waals surface area contributed by atoms with E-state index in [9.17, 15) is 0 Å². The van der Waals surface area contributed by atoms with Crippen LogP contribution in [0, 0.1) is 0 Å². The third-order valence-electron chi connectivity index (χ3n) is 1.59. The van der Waals surface area contributed by atoms with Gasteiger partial charge in [0.2, 0.25) is 0 Å². The van der Waals surface area contributed by atoms with Gasteiger partial charge in [0.15, 0.2) is 0 Å². The molecule has 1 heteroatoms. The van der Waals surface area contributed by atoms with Gasteiger partial charge in [-0.15, -0.1) is 0 Å². The second-order valence-electron chi connectivity index (χ2n) is 2.69. The van der Waals surface area contributed by atoms with Crippen molar-refractivity contribution in [3.63, 3.8) is 0 Å². The summed E-state index contributed by atoms with van der Waals surface area (Å²) in [6.45, 7) is 4.11. The van der Waals surface area contributed by atoms with Gasteiger partial charge in [0.25, 0.3) is 0 Å². The maximum absolute atomic E-state index is 8.51. The molecule has 0 radical (unpaired) electrons. The van der Waals surface area contributed by atoms with Crippen molar-refractivity contribution in [3.8, 4) is 0 Å². The van der Waals surface area contributed by atoms with Gasteiger partial charge in [-0.2, -0.15) is 0 Å². The summed E-state index contributed by atoms with van der Waals surface area (Å²) >= 11 is 0. The molecule has 1 aromatic rings. The lowest BCUT2D eigenvalue weighted by atomic mass is 10.2. The highest BCUT2D eigenvalue weighted by molar-refractivity contribution is 5.55. The van der Waals surface area contributed by atoms with Crippen molar-refractivity contribution in [2.75, 3.05) is 0 Å². The lowest BCUT2D eigenvalue weighted by Crippen LogP contribution is -2.08. The molecule has 0 heterocycles. The summed E-state index contributed by atoms with van der Waals surface area (Å²) in [5.41, 5.74) is 1.27. The van der Waals surface area contributed by atoms with E-state index in [1.54, 1.807) is 0 Å². The van der Waals surface area contributed by atoms with E-state index >= 15 is 0 Å². The fraction of sp³-hybridized carbons (Fsp3) is 0.200. The molecule has 0 bridgehead atoms. The minimum absolute atomic E-state index is 0.718. The molecule has 1 rings (SSSR count). The van der Waals surface area contributed by atoms with Crippen LogP contribution in [0.1, 0.15) is 13.8 Å². The van der Waals surface area contributed by atoms with E-state index in [1.165, 1.54) is 10.8 Å². The normalized spacial score (nSPS) is 8.91. The Bertz CT molecular complexity index is 356. The van der Waals surface area contributed by atoms with Gasteiger partial charge in [0, 0.05) is 0 Å². The van der Waals surface area contributed by atoms with E-state index in [4.69, 9.17) is 5.41 Å². The van der Waals surface area contributed by atoms with Gasteiger partial charge in [-0.25, -0.2) is 0 Å². The van der Waals surface area contributed by atoms with Crippen molar-refractivity contribution in [2.24, 2.45) is 0 Å². The molecule has 0 spiro atoms. The summed E-state index contributed by atoms with van der Waals surface area (Å²) in [7, 11) is 0. The van der Waals surface area contributed by atoms with Crippen LogP contribution in [0.25, 0.3) is 11.0 Å². The Morgan fingerprint density at radius 3 is 2.09 bits per heavy atom. The summed E-state index contributed by atoms with van der Waals surface area (Å²) in [4.78, 5) is 0. The number of benzene rings is 1. The summed E-state index contributed by atoms with van der Waals surface area (Å²) in [5, 5.41) is 10.4. The average molecular weight is 144 g/mol. The molecule has 0 aliphatic carbocycles. The summed E-state index contributed by atoms with van der Waals surface area (Å²) in [5.74, 6) is 2.08. The van der Waals surface area contributed by atoms with Crippen molar-refractivity contribution in [2.45, 2.75) is 13.8 Å². The molecule has 0 amide bonds. The van der Waals surface area contributed by atoms with Crippen LogP contribution < -0.4 is 10.4 Å². The first-order valence-corrected chi connectivity index (χ1v) is 3.54. The molecule has 0 saturated carbocycles. The Labute approximate surface area is 66.2 Å². The fourth-order valence-corrected chi connectivity index (χ4v) is 0.878. The predicted molar refractivity (Wildman–Crippen MR) is 47.9 cm³/mol. The largest absolute Gasteiger partial charge is 0.763 e. The van der Waals surface area contributed by atoms with Crippen LogP contribution in [0.15, 0.2) is 24.3 Å². The minimum atomic E-state index is 0.718. The van der Waals surface area contributed by atoms with E-state index in [0.29, 0.717) is 0 Å². The molecule has 56 valence electrons. The standard InChI is InChI=1S/C10H10N/c1-8(2)10-5-3-9(7-11)4-6-10/h3-6H,1-2H3/q-1. The van der Waals surface area contributed by atoms with Crippen molar-refractivity contribution >= 4 is 11.4 Å². The third kappa shape index (κ3) is 1.79. The molecule has 11 heavy (non-hydrogen) atoms. The topological polar surface area (TPSA) is 22.3 Å². The van der Waals surface area contributed by atoms with Gasteiger partial charge in [0.1, 0.15) is 0 Å². The van der Waals surface area contributed by atoms with Crippen molar-refractivity contribution in [3.05, 3.63) is 40.1 Å². The van der Waals surface area contributed by atoms with E-state index in [1.807, 2.05) is 24.3 Å². The lowest BCUT2D eigenvalue weighted by Gasteiger charge is -1.89. The molecular formula is C10H10N-. The first-order valence-electron chi connectivity index (χ1n) is 3.54. The van der Waals surface area contributed by atoms with Gasteiger partial charge in [-0.05, 0) is 36.4 Å². The number of rotatable bonds is 0. The maximum atomic E-state index is 8.51. The van der Waals surface area contributed by atoms with Gasteiger partial charge >= 0.3 is 0 Å². The van der Waals surface area contributed by atoms with Crippen LogP contribution in [0.3, 0.4) is 0 Å². The first-order chi connectivity index (χ1) is 5.24. The molecule has 0 atom stereocenters. The quantitative estimate of drug-likeness (QED) is 0.480. The van der Waals surface area contributed by atoms with E-state index in [0.717, 1.165) is 5.22 Å². The zero-order valence-corrected chi connectivity index (χ0v) is 6.76. The van der Waals surface area contributed by atoms with Crippen LogP contribution in [-0.2, 0) is 0 Å². The Balaban J connectivity index is 3.45. The fourth-order valence-electron chi connectivity index (χ4n) is 0.878. The molecule has 0 fully saturated rings. The van der Waals surface area contributed by atoms with Crippen LogP contribution in [0.4, 0.5) is 0 Å². The second-order valence-corrected chi connectivity index (χ2v) is 2.69. The molecule has 0 aromatic heterocycles. The highest BCUT2D eigenvalue weighted by atomic mass is 14.3. The lowest BCUT2D eigenvalue weighted by molar-refractivity contribution is 1.47. The van der Waals surface area contributed by atoms with Crippen molar-refractivity contribution in [1.82, 2.24) is 0 Å². The Hall–Kier alpha value is -1.33. The van der Waals surface area contributed by atoms with E-state index in [2.05, 4.69) is 19.7 Å². The monoisotopic (exact) mass is 144 g/mol. The van der Waals surface area contributed by atoms with Gasteiger partial charge < -0.3 is 5.41 Å². The summed E-state index contributed by atoms with van der Waals surface area (Å²) < 4.78 is 0. The zero-order chi connectivity index (χ0) is 8.27. The third-order valence-corrected chi connectivity index (χ3v) is 1.59. The highest BCUT2D eigenvalue weighted by Gasteiger charge is 1.79. The molecule has 0 aliphatic heterocycles. The van der Waals surface area contributed by atoms with Gasteiger partial charge in [-0.1, -0.05) is 17.7 Å². The maximum Gasteiger partial charge on any atom is -0.00713 e. The predicted octanol–water partition coefficient (Wildman–Crippen LogP) is 0.788. The Kier molecular flexibility index (Phi) is 2.25. The van der Waals surface area contributed by atoms with Gasteiger partial charge in [0.05, 0.1) is 0 Å². The minimum Gasteiger partial charge on any atom is -0.763 e. The van der Waals surface area contributed by atoms with Crippen molar-refractivity contribution < 1.29 is 0 Å². The summed E-state index contributed by atoms with van der Waals surface area (Å²) in [6, 6.07) is 7.60. The zero-order valence-electron chi connectivity index (χ0n) is 6.76. The Morgan fingerprint density at radius 1 is 1.18 bits per heavy atom. The smallest absolute Gasteiger partial charge is 0.00713 e. The molecule has 0 N–H and O–H groups in total. The molecule has 0 saturated heterocycles. The van der Waals surface area contributed by atoms with Gasteiger partial charge in [-0.3, -0.25) is 5.87 Å². The van der Waals surface area contributed by atoms with Crippen LogP contribution in [0.5, 0.6) is 0 Å². The number of nitrogens with zero attached hydrogens (tertiary/aromatic N) is 1. The molecule has 1 aromatic carbocycles. The van der Waals surface area contributed by atoms with Crippen LogP contribution in [0.2, 0.25) is 0 Å². The summed E-state index contributed by atoms with van der Waals surface area (Å²) in [6.07, 6.45) is 0. The molecule has 0 unspecified atom stereocenters. The molecular weight excluding hydrogens is 134 g/mol. The SMILES string of the molecule is CC(C)=c1ccc(=C=[N-])cc1. The molecule has 1 nitrogen and oxygen atoms in total. The van der Waals surface area contributed by atoms with Crippen LogP contribution in [-0.4, -0.2) is 5.87 Å². The number of hydrogen-bond acceptors (Lipinski definition) is 0. The van der Waals surface area contributed by atoms with E-state index < -0.39 is 0 Å². The first kappa shape index (κ1) is 7.77. The Morgan fingerprint density at radius 2 is 1.73 bits per heavy atom. The second kappa shape index (κ2) is 3.18. The average Bonchev–Trinajstić information content (AvgIpc) is 2.05. The van der Waals surface area contributed by atoms with E-state index in [-0.39, 0.29) is 0 Å². The highest BCUT2D eigenvalue weighted by Crippen LogP contribution is 1.83. The van der Waals surface area contributed by atoms with Crippen molar-refractivity contribution in [1.29, 1.82) is 0 Å². The van der Waals surface area contributed by atoms with Crippen LogP contribution >= 0.6 is 0 Å². The molecule has 0 aliphatic rings. The number of hydrogen-bond donors (Lipinski definition) is 0.